The summed E-state index contributed by atoms with van der Waals surface area (Å²) in [6, 6.07) is 0. The number of hydrogen-bond donors (Lipinski definition) is 0. The summed E-state index contributed by atoms with van der Waals surface area (Å²) in [4.78, 5) is 37.6. The predicted molar refractivity (Wildman–Crippen MR) is 233 cm³/mol. The summed E-state index contributed by atoms with van der Waals surface area (Å²) in [5, 5.41) is 0. The Hall–Kier alpha value is -2.63. The number of unbranched alkanes of at least 4 members (excludes halogenated alkanes) is 23. The average molecular weight is 771 g/mol. The first-order valence-electron chi connectivity index (χ1n) is 23.2. The summed E-state index contributed by atoms with van der Waals surface area (Å²) >= 11 is 0. The van der Waals surface area contributed by atoms with Crippen LogP contribution < -0.4 is 0 Å². The lowest BCUT2D eigenvalue weighted by atomic mass is 10.1. The maximum Gasteiger partial charge on any atom is 0.306 e. The van der Waals surface area contributed by atoms with E-state index in [-0.39, 0.29) is 31.1 Å². The molecule has 0 fully saturated rings. The fraction of sp³-hybridized carbons (Fsp3) is 0.776. The Bertz CT molecular complexity index is 980. The van der Waals surface area contributed by atoms with Gasteiger partial charge < -0.3 is 14.2 Å². The Morgan fingerprint density at radius 3 is 1.16 bits per heavy atom. The van der Waals surface area contributed by atoms with Crippen LogP contribution in [-0.2, 0) is 28.6 Å². The predicted octanol–water partition coefficient (Wildman–Crippen LogP) is 14.8. The van der Waals surface area contributed by atoms with Gasteiger partial charge in [0.2, 0.25) is 0 Å². The topological polar surface area (TPSA) is 78.9 Å². The number of hydrogen-bond acceptors (Lipinski definition) is 6. The summed E-state index contributed by atoms with van der Waals surface area (Å²) < 4.78 is 16.6. The van der Waals surface area contributed by atoms with Crippen LogP contribution in [0.3, 0.4) is 0 Å². The van der Waals surface area contributed by atoms with Crippen molar-refractivity contribution in [2.75, 3.05) is 13.2 Å². The molecule has 0 aromatic carbocycles. The molecule has 6 heteroatoms. The highest BCUT2D eigenvalue weighted by Crippen LogP contribution is 2.13. The minimum atomic E-state index is -0.792. The van der Waals surface area contributed by atoms with Crippen LogP contribution in [0.2, 0.25) is 0 Å². The molecule has 0 aromatic heterocycles. The first-order valence-corrected chi connectivity index (χ1v) is 23.2. The van der Waals surface area contributed by atoms with Crippen LogP contribution in [0.15, 0.2) is 48.6 Å². The number of rotatable bonds is 41. The molecule has 0 saturated heterocycles. The Morgan fingerprint density at radius 1 is 0.364 bits per heavy atom. The van der Waals surface area contributed by atoms with Gasteiger partial charge >= 0.3 is 17.9 Å². The summed E-state index contributed by atoms with van der Waals surface area (Å²) in [5.41, 5.74) is 0. The lowest BCUT2D eigenvalue weighted by molar-refractivity contribution is -0.167. The van der Waals surface area contributed by atoms with Crippen LogP contribution in [-0.4, -0.2) is 37.2 Å². The lowest BCUT2D eigenvalue weighted by Crippen LogP contribution is -2.30. The molecule has 318 valence electrons. The van der Waals surface area contributed by atoms with Crippen LogP contribution in [0.5, 0.6) is 0 Å². The maximum atomic E-state index is 12.7. The molecule has 6 nitrogen and oxygen atoms in total. The minimum absolute atomic E-state index is 0.0944. The van der Waals surface area contributed by atoms with Gasteiger partial charge in [-0.15, -0.1) is 0 Å². The highest BCUT2D eigenvalue weighted by molar-refractivity contribution is 5.71. The van der Waals surface area contributed by atoms with Crippen molar-refractivity contribution in [3.05, 3.63) is 48.6 Å². The molecule has 0 rings (SSSR count). The van der Waals surface area contributed by atoms with Crippen LogP contribution in [0.1, 0.15) is 226 Å². The molecule has 0 spiro atoms. The zero-order valence-electron chi connectivity index (χ0n) is 36.2. The van der Waals surface area contributed by atoms with E-state index in [1.54, 1.807) is 0 Å². The molecular weight excluding hydrogens is 685 g/mol. The van der Waals surface area contributed by atoms with Crippen LogP contribution in [0, 0.1) is 0 Å². The normalized spacial score (nSPS) is 12.4. The average Bonchev–Trinajstić information content (AvgIpc) is 3.18. The molecule has 0 bridgehead atoms. The van der Waals surface area contributed by atoms with E-state index in [1.165, 1.54) is 89.9 Å². The Morgan fingerprint density at radius 2 is 0.691 bits per heavy atom. The van der Waals surface area contributed by atoms with Gasteiger partial charge in [-0.2, -0.15) is 0 Å². The first kappa shape index (κ1) is 52.4. The van der Waals surface area contributed by atoms with E-state index in [9.17, 15) is 14.4 Å². The summed E-state index contributed by atoms with van der Waals surface area (Å²) in [6.45, 7) is 6.49. The van der Waals surface area contributed by atoms with Crippen LogP contribution in [0.25, 0.3) is 0 Å². The molecule has 0 amide bonds. The Labute approximate surface area is 339 Å². The number of ether oxygens (including phenoxy) is 3. The van der Waals surface area contributed by atoms with Crippen molar-refractivity contribution in [3.63, 3.8) is 0 Å². The second-order valence-electron chi connectivity index (χ2n) is 15.3. The fourth-order valence-corrected chi connectivity index (χ4v) is 6.24. The SMILES string of the molecule is CCCC/C=C\CCCCCCC(=O)OC(COC(=O)CCC/C=C\CCCCCC)COC(=O)CCCCCCC/C=C\C=C/CCCCCCCCC. The number of carbonyl (C=O) groups is 3. The summed E-state index contributed by atoms with van der Waals surface area (Å²) in [7, 11) is 0. The molecule has 1 unspecified atom stereocenters. The van der Waals surface area contributed by atoms with E-state index in [0.29, 0.717) is 25.7 Å². The van der Waals surface area contributed by atoms with Gasteiger partial charge in [-0.25, -0.2) is 0 Å². The van der Waals surface area contributed by atoms with Gasteiger partial charge in [-0.05, 0) is 83.5 Å². The molecule has 0 aliphatic heterocycles. The van der Waals surface area contributed by atoms with Crippen molar-refractivity contribution in [3.8, 4) is 0 Å². The second-order valence-corrected chi connectivity index (χ2v) is 15.3. The van der Waals surface area contributed by atoms with Crippen LogP contribution >= 0.6 is 0 Å². The van der Waals surface area contributed by atoms with E-state index in [4.69, 9.17) is 14.2 Å². The minimum Gasteiger partial charge on any atom is -0.462 e. The first-order chi connectivity index (χ1) is 27.0. The van der Waals surface area contributed by atoms with E-state index in [1.807, 2.05) is 0 Å². The van der Waals surface area contributed by atoms with Gasteiger partial charge in [0.15, 0.2) is 6.10 Å². The molecular formula is C49H86O6. The number of carbonyl (C=O) groups excluding carboxylic acids is 3. The second kappa shape index (κ2) is 44.1. The Kier molecular flexibility index (Phi) is 42.0. The van der Waals surface area contributed by atoms with Crippen molar-refractivity contribution in [1.82, 2.24) is 0 Å². The number of esters is 3. The quantitative estimate of drug-likeness (QED) is 0.0202. The third-order valence-corrected chi connectivity index (χ3v) is 9.80. The third kappa shape index (κ3) is 42.4. The fourth-order valence-electron chi connectivity index (χ4n) is 6.24. The largest absolute Gasteiger partial charge is 0.462 e. The van der Waals surface area contributed by atoms with Crippen LogP contribution in [0.4, 0.5) is 0 Å². The van der Waals surface area contributed by atoms with Gasteiger partial charge in [-0.1, -0.05) is 172 Å². The third-order valence-electron chi connectivity index (χ3n) is 9.80. The van der Waals surface area contributed by atoms with Crippen molar-refractivity contribution in [1.29, 1.82) is 0 Å². The van der Waals surface area contributed by atoms with Crippen molar-refractivity contribution >= 4 is 17.9 Å². The molecule has 0 heterocycles. The highest BCUT2D eigenvalue weighted by Gasteiger charge is 2.19. The molecule has 1 atom stereocenters. The maximum absolute atomic E-state index is 12.7. The highest BCUT2D eigenvalue weighted by atomic mass is 16.6. The monoisotopic (exact) mass is 771 g/mol. The van der Waals surface area contributed by atoms with Gasteiger partial charge in [0, 0.05) is 19.3 Å². The standard InChI is InChI=1S/C49H86O6/c1-4-7-10-13-16-19-21-22-23-24-25-26-27-28-31-33-36-39-42-48(51)54-45-46(44-53-47(50)41-38-35-32-29-18-15-12-9-6-3)55-49(52)43-40-37-34-30-20-17-14-11-8-5-2/h14,17,23-26,29,32,46H,4-13,15-16,18-22,27-28,30-31,33-45H2,1-3H3/b17-14-,24-23-,26-25-,32-29-. The smallest absolute Gasteiger partial charge is 0.306 e. The van der Waals surface area contributed by atoms with Crippen molar-refractivity contribution < 1.29 is 28.6 Å². The van der Waals surface area contributed by atoms with Crippen molar-refractivity contribution in [2.45, 2.75) is 232 Å². The molecule has 0 aliphatic carbocycles. The molecule has 0 N–H and O–H groups in total. The molecule has 0 aromatic rings. The van der Waals surface area contributed by atoms with Gasteiger partial charge in [0.1, 0.15) is 13.2 Å². The zero-order chi connectivity index (χ0) is 40.1. The Balaban J connectivity index is 4.35. The van der Waals surface area contributed by atoms with E-state index in [2.05, 4.69) is 69.4 Å². The summed E-state index contributed by atoms with van der Waals surface area (Å²) in [6.07, 6.45) is 51.1. The molecule has 0 aliphatic rings. The van der Waals surface area contributed by atoms with Gasteiger partial charge in [0.25, 0.3) is 0 Å². The number of allylic oxidation sites excluding steroid dienone is 8. The van der Waals surface area contributed by atoms with E-state index >= 15 is 0 Å². The van der Waals surface area contributed by atoms with E-state index < -0.39 is 6.10 Å². The lowest BCUT2D eigenvalue weighted by Gasteiger charge is -2.18. The van der Waals surface area contributed by atoms with Crippen molar-refractivity contribution in [2.24, 2.45) is 0 Å². The summed E-state index contributed by atoms with van der Waals surface area (Å²) in [5.74, 6) is -0.961. The van der Waals surface area contributed by atoms with E-state index in [0.717, 1.165) is 89.9 Å². The molecule has 0 radical (unpaired) electrons. The zero-order valence-corrected chi connectivity index (χ0v) is 36.2. The van der Waals surface area contributed by atoms with Gasteiger partial charge in [0.05, 0.1) is 0 Å². The van der Waals surface area contributed by atoms with Gasteiger partial charge in [-0.3, -0.25) is 14.4 Å². The molecule has 55 heavy (non-hydrogen) atoms. The molecule has 0 saturated carbocycles.